The highest BCUT2D eigenvalue weighted by Crippen LogP contribution is 2.22. The van der Waals surface area contributed by atoms with Gasteiger partial charge in [-0.3, -0.25) is 4.79 Å². The van der Waals surface area contributed by atoms with Crippen LogP contribution in [-0.2, 0) is 11.2 Å². The van der Waals surface area contributed by atoms with Gasteiger partial charge in [-0.1, -0.05) is 25.1 Å². The van der Waals surface area contributed by atoms with Crippen LogP contribution in [0, 0.1) is 5.92 Å². The van der Waals surface area contributed by atoms with Crippen molar-refractivity contribution in [2.24, 2.45) is 11.7 Å². The number of amides is 1. The average Bonchev–Trinajstić information content (AvgIpc) is 2.61. The predicted octanol–water partition coefficient (Wildman–Crippen LogP) is 3.66. The van der Waals surface area contributed by atoms with Gasteiger partial charge in [-0.2, -0.15) is 0 Å². The van der Waals surface area contributed by atoms with Crippen LogP contribution < -0.4 is 20.5 Å². The van der Waals surface area contributed by atoms with Gasteiger partial charge in [0.1, 0.15) is 18.1 Å². The van der Waals surface area contributed by atoms with E-state index in [-0.39, 0.29) is 24.2 Å². The molecule has 5 nitrogen and oxygen atoms in total. The molecule has 0 radical (unpaired) electrons. The highest BCUT2D eigenvalue weighted by molar-refractivity contribution is 5.90. The largest absolute Gasteiger partial charge is 0.496 e. The van der Waals surface area contributed by atoms with E-state index in [1.54, 1.807) is 7.11 Å². The van der Waals surface area contributed by atoms with Crippen molar-refractivity contribution in [2.45, 2.75) is 19.8 Å². The summed E-state index contributed by atoms with van der Waals surface area (Å²) < 4.78 is 10.8. The number of nitrogens with one attached hydrogen (secondary N) is 1. The summed E-state index contributed by atoms with van der Waals surface area (Å²) in [6, 6.07) is 15.2. The van der Waals surface area contributed by atoms with Crippen molar-refractivity contribution in [3.63, 3.8) is 0 Å². The molecule has 0 fully saturated rings. The van der Waals surface area contributed by atoms with Gasteiger partial charge in [-0.25, -0.2) is 0 Å². The predicted molar refractivity (Wildman–Crippen MR) is 107 cm³/mol. The number of hydrogen-bond donors (Lipinski definition) is 2. The number of benzene rings is 2. The van der Waals surface area contributed by atoms with Gasteiger partial charge in [0, 0.05) is 18.7 Å². The van der Waals surface area contributed by atoms with Gasteiger partial charge in [0.2, 0.25) is 5.91 Å². The molecule has 1 unspecified atom stereocenters. The Bertz CT molecular complexity index is 677. The summed E-state index contributed by atoms with van der Waals surface area (Å²) in [5.41, 5.74) is 7.28. The number of rotatable bonds is 9. The monoisotopic (exact) mass is 378 g/mol. The number of nitrogens with two attached hydrogens (primary N) is 1. The van der Waals surface area contributed by atoms with Crippen LogP contribution in [-0.4, -0.2) is 26.2 Å². The van der Waals surface area contributed by atoms with Crippen molar-refractivity contribution in [1.29, 1.82) is 0 Å². The molecule has 3 N–H and O–H groups in total. The van der Waals surface area contributed by atoms with Crippen molar-refractivity contribution < 1.29 is 14.3 Å². The number of anilines is 1. The summed E-state index contributed by atoms with van der Waals surface area (Å²) >= 11 is 0. The first-order valence-electron chi connectivity index (χ1n) is 8.47. The Balaban J connectivity index is 0.00000338. The minimum Gasteiger partial charge on any atom is -0.496 e. The molecule has 1 atom stereocenters. The standard InChI is InChI=1S/C20H26N2O3.ClH/c1-15(13-16-5-3-4-6-19(16)24-2)14-20(23)22-17-7-9-18(10-8-17)25-12-11-21;/h3-10,15H,11-14,21H2,1-2H3,(H,22,23);1H. The Kier molecular flexibility index (Phi) is 9.55. The van der Waals surface area contributed by atoms with Crippen molar-refractivity contribution >= 4 is 24.0 Å². The fourth-order valence-electron chi connectivity index (χ4n) is 2.66. The van der Waals surface area contributed by atoms with Crippen LogP contribution in [0.25, 0.3) is 0 Å². The lowest BCUT2D eigenvalue weighted by Crippen LogP contribution is -2.16. The van der Waals surface area contributed by atoms with Crippen LogP contribution in [0.3, 0.4) is 0 Å². The Labute approximate surface area is 161 Å². The second kappa shape index (κ2) is 11.4. The number of ether oxygens (including phenoxy) is 2. The molecule has 1 amide bonds. The Morgan fingerprint density at radius 3 is 2.50 bits per heavy atom. The third kappa shape index (κ3) is 6.94. The Morgan fingerprint density at radius 1 is 1.15 bits per heavy atom. The van der Waals surface area contributed by atoms with Gasteiger partial charge in [-0.05, 0) is 48.2 Å². The number of hydrogen-bond acceptors (Lipinski definition) is 4. The third-order valence-electron chi connectivity index (χ3n) is 3.82. The van der Waals surface area contributed by atoms with Crippen molar-refractivity contribution in [3.05, 3.63) is 54.1 Å². The van der Waals surface area contributed by atoms with E-state index in [4.69, 9.17) is 15.2 Å². The van der Waals surface area contributed by atoms with E-state index in [2.05, 4.69) is 12.2 Å². The Morgan fingerprint density at radius 2 is 1.85 bits per heavy atom. The highest BCUT2D eigenvalue weighted by atomic mass is 35.5. The summed E-state index contributed by atoms with van der Waals surface area (Å²) in [6.45, 7) is 3.02. The van der Waals surface area contributed by atoms with Gasteiger partial charge in [0.15, 0.2) is 0 Å². The second-order valence-electron chi connectivity index (χ2n) is 6.03. The molecular weight excluding hydrogens is 352 g/mol. The zero-order valence-electron chi connectivity index (χ0n) is 15.2. The van der Waals surface area contributed by atoms with E-state index in [0.717, 1.165) is 29.2 Å². The van der Waals surface area contributed by atoms with Crippen LogP contribution in [0.2, 0.25) is 0 Å². The number of methoxy groups -OCH3 is 1. The molecule has 26 heavy (non-hydrogen) atoms. The van der Waals surface area contributed by atoms with Crippen LogP contribution in [0.5, 0.6) is 11.5 Å². The molecule has 0 aromatic heterocycles. The average molecular weight is 379 g/mol. The van der Waals surface area contributed by atoms with E-state index in [1.165, 1.54) is 0 Å². The van der Waals surface area contributed by atoms with Gasteiger partial charge < -0.3 is 20.5 Å². The maximum absolute atomic E-state index is 12.2. The molecule has 0 bridgehead atoms. The molecular formula is C20H27ClN2O3. The van der Waals surface area contributed by atoms with Crippen molar-refractivity contribution in [2.75, 3.05) is 25.6 Å². The van der Waals surface area contributed by atoms with E-state index in [1.807, 2.05) is 48.5 Å². The van der Waals surface area contributed by atoms with Gasteiger partial charge in [0.05, 0.1) is 7.11 Å². The molecule has 6 heteroatoms. The first-order valence-corrected chi connectivity index (χ1v) is 8.47. The summed E-state index contributed by atoms with van der Waals surface area (Å²) in [4.78, 5) is 12.2. The van der Waals surface area contributed by atoms with E-state index >= 15 is 0 Å². The minimum atomic E-state index is -0.00183. The van der Waals surface area contributed by atoms with Crippen molar-refractivity contribution in [3.8, 4) is 11.5 Å². The van der Waals surface area contributed by atoms with Crippen LogP contribution in [0.1, 0.15) is 18.9 Å². The smallest absolute Gasteiger partial charge is 0.224 e. The minimum absolute atomic E-state index is 0. The number of halogens is 1. The summed E-state index contributed by atoms with van der Waals surface area (Å²) in [7, 11) is 1.66. The normalized spacial score (nSPS) is 11.2. The van der Waals surface area contributed by atoms with Crippen LogP contribution in [0.4, 0.5) is 5.69 Å². The maximum Gasteiger partial charge on any atom is 0.224 e. The van der Waals surface area contributed by atoms with Gasteiger partial charge in [-0.15, -0.1) is 12.4 Å². The zero-order valence-corrected chi connectivity index (χ0v) is 16.1. The van der Waals surface area contributed by atoms with Gasteiger partial charge >= 0.3 is 0 Å². The zero-order chi connectivity index (χ0) is 18.1. The lowest BCUT2D eigenvalue weighted by Gasteiger charge is -2.14. The lowest BCUT2D eigenvalue weighted by molar-refractivity contribution is -0.116. The molecule has 0 saturated carbocycles. The molecule has 0 aliphatic carbocycles. The molecule has 0 spiro atoms. The summed E-state index contributed by atoms with van der Waals surface area (Å²) in [5, 5.41) is 2.92. The van der Waals surface area contributed by atoms with Gasteiger partial charge in [0.25, 0.3) is 0 Å². The fraction of sp³-hybridized carbons (Fsp3) is 0.350. The third-order valence-corrected chi connectivity index (χ3v) is 3.82. The van der Waals surface area contributed by atoms with Crippen molar-refractivity contribution in [1.82, 2.24) is 0 Å². The molecule has 0 heterocycles. The highest BCUT2D eigenvalue weighted by Gasteiger charge is 2.12. The number of carbonyl (C=O) groups is 1. The van der Waals surface area contributed by atoms with E-state index < -0.39 is 0 Å². The Hall–Kier alpha value is -2.24. The molecule has 0 aliphatic heterocycles. The molecule has 0 saturated heterocycles. The van der Waals surface area contributed by atoms with E-state index in [0.29, 0.717) is 19.6 Å². The number of carbonyl (C=O) groups excluding carboxylic acids is 1. The summed E-state index contributed by atoms with van der Waals surface area (Å²) in [5.74, 6) is 1.82. The molecule has 142 valence electrons. The first kappa shape index (κ1) is 21.8. The lowest BCUT2D eigenvalue weighted by atomic mass is 9.97. The quantitative estimate of drug-likeness (QED) is 0.698. The van der Waals surface area contributed by atoms with E-state index in [9.17, 15) is 4.79 Å². The molecule has 2 aromatic rings. The second-order valence-corrected chi connectivity index (χ2v) is 6.03. The fourth-order valence-corrected chi connectivity index (χ4v) is 2.66. The first-order chi connectivity index (χ1) is 12.1. The SMILES string of the molecule is COc1ccccc1CC(C)CC(=O)Nc1ccc(OCCN)cc1.Cl. The topological polar surface area (TPSA) is 73.6 Å². The summed E-state index contributed by atoms with van der Waals surface area (Å²) in [6.07, 6.45) is 1.24. The number of para-hydroxylation sites is 1. The van der Waals surface area contributed by atoms with Crippen LogP contribution >= 0.6 is 12.4 Å². The maximum atomic E-state index is 12.2. The molecule has 2 aromatic carbocycles. The van der Waals surface area contributed by atoms with Crippen LogP contribution in [0.15, 0.2) is 48.5 Å². The molecule has 0 aliphatic rings. The molecule has 2 rings (SSSR count).